The normalized spacial score (nSPS) is 19.9. The molecule has 1 rings (SSSR count). The highest BCUT2D eigenvalue weighted by atomic mass is 16.3. The van der Waals surface area contributed by atoms with E-state index in [1.807, 2.05) is 6.92 Å². The third-order valence-electron chi connectivity index (χ3n) is 3.44. The first-order chi connectivity index (χ1) is 8.02. The molecule has 2 heteroatoms. The minimum atomic E-state index is -0.397. The Kier molecular flexibility index (Phi) is 9.85. The third-order valence-corrected chi connectivity index (χ3v) is 3.44. The van der Waals surface area contributed by atoms with Crippen molar-refractivity contribution in [2.45, 2.75) is 78.2 Å². The second-order valence-electron chi connectivity index (χ2n) is 5.80. The Bertz CT molecular complexity index is 152. The third kappa shape index (κ3) is 10.8. The van der Waals surface area contributed by atoms with E-state index in [1.54, 1.807) is 0 Å². The molecule has 1 atom stereocenters. The van der Waals surface area contributed by atoms with Crippen molar-refractivity contribution in [1.29, 1.82) is 0 Å². The van der Waals surface area contributed by atoms with Gasteiger partial charge in [-0.25, -0.2) is 0 Å². The molecule has 0 aromatic rings. The van der Waals surface area contributed by atoms with E-state index >= 15 is 0 Å². The zero-order chi connectivity index (χ0) is 13.1. The van der Waals surface area contributed by atoms with Crippen LogP contribution in [0.5, 0.6) is 0 Å². The molecule has 1 aliphatic rings. The Balaban J connectivity index is 0.000000354. The maximum Gasteiger partial charge on any atom is 0.0619 e. The Labute approximate surface area is 108 Å². The summed E-state index contributed by atoms with van der Waals surface area (Å²) in [5.74, 6) is 0.935. The first kappa shape index (κ1) is 16.9. The summed E-state index contributed by atoms with van der Waals surface area (Å²) in [5, 5.41) is 13.0. The molecule has 0 aliphatic carbocycles. The Hall–Kier alpha value is -0.0800. The molecule has 2 N–H and O–H groups in total. The van der Waals surface area contributed by atoms with Crippen LogP contribution < -0.4 is 5.32 Å². The molecule has 0 aromatic heterocycles. The molecule has 0 amide bonds. The molecule has 17 heavy (non-hydrogen) atoms. The van der Waals surface area contributed by atoms with E-state index in [1.165, 1.54) is 32.4 Å². The Morgan fingerprint density at radius 1 is 1.18 bits per heavy atom. The molecule has 0 radical (unpaired) electrons. The van der Waals surface area contributed by atoms with Gasteiger partial charge in [0.1, 0.15) is 0 Å². The molecule has 0 bridgehead atoms. The number of unbranched alkanes of at least 4 members (excludes halogenated alkanes) is 2. The van der Waals surface area contributed by atoms with E-state index in [-0.39, 0.29) is 0 Å². The second-order valence-corrected chi connectivity index (χ2v) is 5.80. The maximum atomic E-state index is 9.78. The molecule has 104 valence electrons. The van der Waals surface area contributed by atoms with Crippen LogP contribution in [0.3, 0.4) is 0 Å². The van der Waals surface area contributed by atoms with Crippen LogP contribution in [0.2, 0.25) is 0 Å². The molecular formula is C15H33NO. The number of hydrogen-bond acceptors (Lipinski definition) is 2. The maximum absolute atomic E-state index is 9.78. The quantitative estimate of drug-likeness (QED) is 0.745. The SMILES string of the molecule is CC1CCNC1.CCCCC(C)(O)CCCC. The zero-order valence-electron chi connectivity index (χ0n) is 12.4. The van der Waals surface area contributed by atoms with Gasteiger partial charge in [-0.05, 0) is 45.2 Å². The summed E-state index contributed by atoms with van der Waals surface area (Å²) in [6.45, 7) is 11.0. The molecule has 0 aromatic carbocycles. The fraction of sp³-hybridized carbons (Fsp3) is 1.00. The monoisotopic (exact) mass is 243 g/mol. The minimum Gasteiger partial charge on any atom is -0.390 e. The van der Waals surface area contributed by atoms with Gasteiger partial charge in [0.05, 0.1) is 5.60 Å². The predicted molar refractivity (Wildman–Crippen MR) is 76.3 cm³/mol. The number of nitrogens with one attached hydrogen (secondary N) is 1. The number of hydrogen-bond donors (Lipinski definition) is 2. The largest absolute Gasteiger partial charge is 0.390 e. The predicted octanol–water partition coefficient (Wildman–Crippen LogP) is 3.73. The standard InChI is InChI=1S/C10H22O.C5H11N/c1-4-6-8-10(3,11)9-7-5-2;1-5-2-3-6-4-5/h11H,4-9H2,1-3H3;5-6H,2-4H2,1H3. The number of aliphatic hydroxyl groups is 1. The summed E-state index contributed by atoms with van der Waals surface area (Å²) < 4.78 is 0. The minimum absolute atomic E-state index is 0.397. The van der Waals surface area contributed by atoms with Gasteiger partial charge in [-0.15, -0.1) is 0 Å². The van der Waals surface area contributed by atoms with Crippen molar-refractivity contribution in [3.8, 4) is 0 Å². The second kappa shape index (κ2) is 9.90. The van der Waals surface area contributed by atoms with Crippen molar-refractivity contribution in [2.75, 3.05) is 13.1 Å². The van der Waals surface area contributed by atoms with Gasteiger partial charge < -0.3 is 10.4 Å². The Morgan fingerprint density at radius 3 is 1.94 bits per heavy atom. The summed E-state index contributed by atoms with van der Waals surface area (Å²) in [5.41, 5.74) is -0.397. The van der Waals surface area contributed by atoms with Crippen molar-refractivity contribution in [2.24, 2.45) is 5.92 Å². The topological polar surface area (TPSA) is 32.3 Å². The van der Waals surface area contributed by atoms with Gasteiger partial charge in [0.2, 0.25) is 0 Å². The van der Waals surface area contributed by atoms with E-state index in [2.05, 4.69) is 26.1 Å². The lowest BCUT2D eigenvalue weighted by atomic mass is 9.93. The van der Waals surface area contributed by atoms with Crippen LogP contribution in [-0.2, 0) is 0 Å². The van der Waals surface area contributed by atoms with Crippen LogP contribution in [-0.4, -0.2) is 23.8 Å². The van der Waals surface area contributed by atoms with Crippen molar-refractivity contribution in [1.82, 2.24) is 5.32 Å². The fourth-order valence-corrected chi connectivity index (χ4v) is 2.04. The fourth-order valence-electron chi connectivity index (χ4n) is 2.04. The first-order valence-corrected chi connectivity index (χ1v) is 7.45. The van der Waals surface area contributed by atoms with Crippen molar-refractivity contribution in [3.63, 3.8) is 0 Å². The van der Waals surface area contributed by atoms with Crippen LogP contribution in [0.4, 0.5) is 0 Å². The Morgan fingerprint density at radius 2 is 1.71 bits per heavy atom. The first-order valence-electron chi connectivity index (χ1n) is 7.45. The summed E-state index contributed by atoms with van der Waals surface area (Å²) in [6.07, 6.45) is 7.96. The average Bonchev–Trinajstić information content (AvgIpc) is 2.76. The molecule has 0 saturated carbocycles. The van der Waals surface area contributed by atoms with Crippen LogP contribution >= 0.6 is 0 Å². The van der Waals surface area contributed by atoms with Crippen LogP contribution in [0.15, 0.2) is 0 Å². The van der Waals surface area contributed by atoms with Crippen molar-refractivity contribution >= 4 is 0 Å². The smallest absolute Gasteiger partial charge is 0.0619 e. The lowest BCUT2D eigenvalue weighted by Gasteiger charge is -2.22. The zero-order valence-corrected chi connectivity index (χ0v) is 12.4. The summed E-state index contributed by atoms with van der Waals surface area (Å²) in [7, 11) is 0. The van der Waals surface area contributed by atoms with Gasteiger partial charge in [-0.3, -0.25) is 0 Å². The molecule has 1 aliphatic heterocycles. The van der Waals surface area contributed by atoms with Crippen LogP contribution in [0, 0.1) is 5.92 Å². The highest BCUT2D eigenvalue weighted by Gasteiger charge is 2.17. The van der Waals surface area contributed by atoms with E-state index < -0.39 is 5.60 Å². The molecule has 1 fully saturated rings. The molecular weight excluding hydrogens is 210 g/mol. The summed E-state index contributed by atoms with van der Waals surface area (Å²) >= 11 is 0. The van der Waals surface area contributed by atoms with Crippen LogP contribution in [0.25, 0.3) is 0 Å². The molecule has 2 nitrogen and oxygen atoms in total. The van der Waals surface area contributed by atoms with Crippen LogP contribution in [0.1, 0.15) is 72.6 Å². The molecule has 0 spiro atoms. The van der Waals surface area contributed by atoms with E-state index in [4.69, 9.17) is 0 Å². The molecule has 1 unspecified atom stereocenters. The number of rotatable bonds is 6. The van der Waals surface area contributed by atoms with Crippen molar-refractivity contribution in [3.05, 3.63) is 0 Å². The van der Waals surface area contributed by atoms with Gasteiger partial charge in [-0.2, -0.15) is 0 Å². The van der Waals surface area contributed by atoms with Gasteiger partial charge in [0.15, 0.2) is 0 Å². The molecule has 1 saturated heterocycles. The lowest BCUT2D eigenvalue weighted by Crippen LogP contribution is -2.23. The van der Waals surface area contributed by atoms with Gasteiger partial charge in [-0.1, -0.05) is 46.5 Å². The van der Waals surface area contributed by atoms with E-state index in [0.29, 0.717) is 0 Å². The van der Waals surface area contributed by atoms with Gasteiger partial charge in [0.25, 0.3) is 0 Å². The summed E-state index contributed by atoms with van der Waals surface area (Å²) in [4.78, 5) is 0. The van der Waals surface area contributed by atoms with E-state index in [0.717, 1.165) is 31.6 Å². The summed E-state index contributed by atoms with van der Waals surface area (Å²) in [6, 6.07) is 0. The van der Waals surface area contributed by atoms with Gasteiger partial charge >= 0.3 is 0 Å². The highest BCUT2D eigenvalue weighted by molar-refractivity contribution is 4.71. The highest BCUT2D eigenvalue weighted by Crippen LogP contribution is 2.20. The lowest BCUT2D eigenvalue weighted by molar-refractivity contribution is 0.0376. The van der Waals surface area contributed by atoms with Crippen molar-refractivity contribution < 1.29 is 5.11 Å². The average molecular weight is 243 g/mol. The van der Waals surface area contributed by atoms with Gasteiger partial charge in [0, 0.05) is 0 Å². The van der Waals surface area contributed by atoms with E-state index in [9.17, 15) is 5.11 Å². The molecule has 1 heterocycles.